The molecule has 1 aromatic carbocycles. The molecule has 0 saturated heterocycles. The van der Waals surface area contributed by atoms with Crippen molar-refractivity contribution in [2.24, 2.45) is 0 Å². The third-order valence-electron chi connectivity index (χ3n) is 3.77. The van der Waals surface area contributed by atoms with Crippen molar-refractivity contribution < 1.29 is 9.13 Å². The molecule has 0 amide bonds. The number of fused-ring (bicyclic) bond motifs is 1. The van der Waals surface area contributed by atoms with E-state index in [-0.39, 0.29) is 6.10 Å². The lowest BCUT2D eigenvalue weighted by molar-refractivity contribution is 0.101. The molecule has 2 aromatic heterocycles. The number of anilines is 1. The monoisotopic (exact) mass is 441 g/mol. The Bertz CT molecular complexity index is 817. The minimum atomic E-state index is -0.510. The van der Waals surface area contributed by atoms with Crippen LogP contribution in [0.1, 0.15) is 12.8 Å². The summed E-state index contributed by atoms with van der Waals surface area (Å²) in [5.41, 5.74) is 1.02. The molecule has 0 bridgehead atoms. The van der Waals surface area contributed by atoms with Crippen molar-refractivity contribution in [3.05, 3.63) is 45.9 Å². The second-order valence-electron chi connectivity index (χ2n) is 5.46. The average Bonchev–Trinajstić information content (AvgIpc) is 2.91. The Morgan fingerprint density at radius 1 is 1.17 bits per heavy atom. The van der Waals surface area contributed by atoms with Crippen molar-refractivity contribution >= 4 is 49.3 Å². The van der Waals surface area contributed by atoms with E-state index in [1.54, 1.807) is 17.4 Å². The normalized spacial score (nSPS) is 20.3. The lowest BCUT2D eigenvalue weighted by atomic mass is 9.89. The second kappa shape index (κ2) is 6.20. The fourth-order valence-electron chi connectivity index (χ4n) is 2.53. The van der Waals surface area contributed by atoms with Crippen LogP contribution in [-0.4, -0.2) is 22.1 Å². The van der Waals surface area contributed by atoms with E-state index in [4.69, 9.17) is 4.74 Å². The van der Waals surface area contributed by atoms with Gasteiger partial charge in [-0.2, -0.15) is 9.37 Å². The molecule has 118 valence electrons. The van der Waals surface area contributed by atoms with Crippen molar-refractivity contribution in [3.8, 4) is 5.88 Å². The molecule has 23 heavy (non-hydrogen) atoms. The van der Waals surface area contributed by atoms with Crippen LogP contribution >= 0.6 is 33.9 Å². The third-order valence-corrected chi connectivity index (χ3v) is 5.56. The van der Waals surface area contributed by atoms with E-state index in [1.807, 2.05) is 18.2 Å². The molecule has 1 N–H and O–H groups in total. The second-order valence-corrected chi connectivity index (χ2v) is 7.65. The van der Waals surface area contributed by atoms with Gasteiger partial charge in [0.1, 0.15) is 6.10 Å². The van der Waals surface area contributed by atoms with Gasteiger partial charge in [0.2, 0.25) is 11.8 Å². The highest BCUT2D eigenvalue weighted by atomic mass is 127. The van der Waals surface area contributed by atoms with Crippen LogP contribution in [0, 0.1) is 9.52 Å². The molecule has 3 aromatic rings. The van der Waals surface area contributed by atoms with E-state index in [0.29, 0.717) is 11.9 Å². The van der Waals surface area contributed by atoms with Gasteiger partial charge in [-0.15, -0.1) is 0 Å². The highest BCUT2D eigenvalue weighted by molar-refractivity contribution is 14.1. The van der Waals surface area contributed by atoms with Crippen molar-refractivity contribution in [1.82, 2.24) is 9.97 Å². The van der Waals surface area contributed by atoms with Gasteiger partial charge >= 0.3 is 0 Å². The number of para-hydroxylation sites is 1. The number of halogens is 2. The maximum absolute atomic E-state index is 13.2. The van der Waals surface area contributed by atoms with Crippen LogP contribution in [-0.2, 0) is 0 Å². The summed E-state index contributed by atoms with van der Waals surface area (Å²) < 4.78 is 21.0. The molecule has 1 fully saturated rings. The fourth-order valence-corrected chi connectivity index (χ4v) is 3.90. The zero-order chi connectivity index (χ0) is 15.8. The predicted octanol–water partition coefficient (Wildman–Crippen LogP) is 4.46. The Morgan fingerprint density at radius 2 is 2.00 bits per heavy atom. The lowest BCUT2D eigenvalue weighted by Gasteiger charge is -2.35. The van der Waals surface area contributed by atoms with Gasteiger partial charge in [0.15, 0.2) is 5.13 Å². The summed E-state index contributed by atoms with van der Waals surface area (Å²) >= 11 is 3.76. The first-order chi connectivity index (χ1) is 11.2. The van der Waals surface area contributed by atoms with Gasteiger partial charge in [-0.25, -0.2) is 4.98 Å². The number of thiazole rings is 1. The van der Waals surface area contributed by atoms with Gasteiger partial charge in [0.05, 0.1) is 13.8 Å². The number of hydrogen-bond donors (Lipinski definition) is 1. The van der Waals surface area contributed by atoms with E-state index in [2.05, 4.69) is 43.9 Å². The number of pyridine rings is 1. The zero-order valence-electron chi connectivity index (χ0n) is 12.0. The Labute approximate surface area is 150 Å². The number of aromatic nitrogens is 2. The molecule has 7 heteroatoms. The highest BCUT2D eigenvalue weighted by Gasteiger charge is 2.32. The molecule has 2 heterocycles. The van der Waals surface area contributed by atoms with Crippen molar-refractivity contribution in [1.29, 1.82) is 0 Å². The molecule has 1 saturated carbocycles. The minimum Gasteiger partial charge on any atom is -0.473 e. The van der Waals surface area contributed by atoms with Crippen molar-refractivity contribution in [3.63, 3.8) is 0 Å². The predicted molar refractivity (Wildman–Crippen MR) is 97.6 cm³/mol. The number of ether oxygens (including phenoxy) is 1. The Kier molecular flexibility index (Phi) is 4.06. The van der Waals surface area contributed by atoms with E-state index in [1.165, 1.54) is 10.8 Å². The summed E-state index contributed by atoms with van der Waals surface area (Å²) in [5, 5.41) is 4.38. The summed E-state index contributed by atoms with van der Waals surface area (Å²) in [4.78, 5) is 8.38. The van der Waals surface area contributed by atoms with Crippen LogP contribution in [0.2, 0.25) is 0 Å². The highest BCUT2D eigenvalue weighted by Crippen LogP contribution is 2.32. The molecule has 0 radical (unpaired) electrons. The van der Waals surface area contributed by atoms with Crippen LogP contribution in [0.3, 0.4) is 0 Å². The number of nitrogens with zero attached hydrogens (tertiary/aromatic N) is 2. The lowest BCUT2D eigenvalue weighted by Crippen LogP contribution is -2.42. The smallest absolute Gasteiger partial charge is 0.230 e. The molecule has 0 spiro atoms. The minimum absolute atomic E-state index is 0.0738. The molecule has 4 nitrogen and oxygen atoms in total. The summed E-state index contributed by atoms with van der Waals surface area (Å²) in [7, 11) is 0. The van der Waals surface area contributed by atoms with Gasteiger partial charge in [-0.05, 0) is 46.9 Å². The zero-order valence-corrected chi connectivity index (χ0v) is 15.0. The van der Waals surface area contributed by atoms with Crippen LogP contribution in [0.15, 0.2) is 36.4 Å². The van der Waals surface area contributed by atoms with Crippen molar-refractivity contribution in [2.45, 2.75) is 25.0 Å². The summed E-state index contributed by atoms with van der Waals surface area (Å²) in [6.45, 7) is 0. The molecule has 0 aliphatic heterocycles. The quantitative estimate of drug-likeness (QED) is 0.480. The van der Waals surface area contributed by atoms with Crippen LogP contribution in [0.25, 0.3) is 10.2 Å². The van der Waals surface area contributed by atoms with E-state index in [0.717, 1.165) is 27.1 Å². The number of benzene rings is 1. The number of rotatable bonds is 4. The van der Waals surface area contributed by atoms with Gasteiger partial charge in [-0.1, -0.05) is 23.5 Å². The van der Waals surface area contributed by atoms with Gasteiger partial charge < -0.3 is 10.1 Å². The molecule has 0 atom stereocenters. The summed E-state index contributed by atoms with van der Waals surface area (Å²) in [6.07, 6.45) is 1.80. The number of hydrogen-bond acceptors (Lipinski definition) is 5. The van der Waals surface area contributed by atoms with E-state index >= 15 is 0 Å². The Morgan fingerprint density at radius 3 is 2.83 bits per heavy atom. The largest absolute Gasteiger partial charge is 0.473 e. The van der Waals surface area contributed by atoms with Gasteiger partial charge in [-0.3, -0.25) is 0 Å². The average molecular weight is 441 g/mol. The third kappa shape index (κ3) is 3.25. The topological polar surface area (TPSA) is 47.0 Å². The fraction of sp³-hybridized carbons (Fsp3) is 0.250. The summed E-state index contributed by atoms with van der Waals surface area (Å²) in [6, 6.07) is 11.5. The van der Waals surface area contributed by atoms with Gasteiger partial charge in [0.25, 0.3) is 0 Å². The standard InChI is InChI=1S/C16H13FIN3OS/c17-14-6-5-11(18)15(21-14)22-10-7-9(8-10)19-16-20-12-3-1-2-4-13(12)23-16/h1-6,9-10H,7-8H2,(H,19,20)/t9-,10+. The first kappa shape index (κ1) is 15.1. The van der Waals surface area contributed by atoms with Crippen LogP contribution < -0.4 is 10.1 Å². The van der Waals surface area contributed by atoms with E-state index in [9.17, 15) is 4.39 Å². The molecule has 1 aliphatic carbocycles. The summed E-state index contributed by atoms with van der Waals surface area (Å²) in [5.74, 6) is -0.127. The Balaban J connectivity index is 1.35. The van der Waals surface area contributed by atoms with Crippen LogP contribution in [0.4, 0.5) is 9.52 Å². The SMILES string of the molecule is Fc1ccc(I)c(O[C@H]2C[C@@H](Nc3nc4ccccc4s3)C2)n1. The molecular formula is C16H13FIN3OS. The Hall–Kier alpha value is -1.48. The first-order valence-electron chi connectivity index (χ1n) is 7.28. The van der Waals surface area contributed by atoms with Crippen LogP contribution in [0.5, 0.6) is 5.88 Å². The molecule has 1 aliphatic rings. The van der Waals surface area contributed by atoms with E-state index < -0.39 is 5.95 Å². The first-order valence-corrected chi connectivity index (χ1v) is 9.18. The number of nitrogens with one attached hydrogen (secondary N) is 1. The molecule has 0 unspecified atom stereocenters. The maximum Gasteiger partial charge on any atom is 0.230 e. The molecule has 4 rings (SSSR count). The van der Waals surface area contributed by atoms with Crippen molar-refractivity contribution in [2.75, 3.05) is 5.32 Å². The molecular weight excluding hydrogens is 428 g/mol. The van der Waals surface area contributed by atoms with Gasteiger partial charge in [0, 0.05) is 18.9 Å². The maximum atomic E-state index is 13.2.